The van der Waals surface area contributed by atoms with Gasteiger partial charge in [-0.1, -0.05) is 0 Å². The van der Waals surface area contributed by atoms with Gasteiger partial charge in [0.1, 0.15) is 0 Å². The molecular weight excluding hydrogens is 282 g/mol. The first-order valence-electron chi connectivity index (χ1n) is 6.09. The summed E-state index contributed by atoms with van der Waals surface area (Å²) in [4.78, 5) is 2.34. The summed E-state index contributed by atoms with van der Waals surface area (Å²) in [5.74, 6) is 2.26. The Morgan fingerprint density at radius 2 is 2.21 bits per heavy atom. The molecule has 1 unspecified atom stereocenters. The zero-order valence-electron chi connectivity index (χ0n) is 11.1. The Balaban J connectivity index is 2.29. The van der Waals surface area contributed by atoms with E-state index in [0.717, 1.165) is 17.9 Å². The number of rotatable bonds is 4. The van der Waals surface area contributed by atoms with E-state index in [2.05, 4.69) is 9.62 Å². The molecule has 2 rings (SSSR count). The van der Waals surface area contributed by atoms with Crippen LogP contribution < -0.4 is 15.4 Å². The molecule has 0 aromatic heterocycles. The van der Waals surface area contributed by atoms with E-state index in [0.29, 0.717) is 11.7 Å². The number of hydrogen-bond acceptors (Lipinski definition) is 5. The molecule has 1 aromatic rings. The van der Waals surface area contributed by atoms with Gasteiger partial charge >= 0.3 is 0 Å². The summed E-state index contributed by atoms with van der Waals surface area (Å²) in [6, 6.07) is 5.36. The smallest absolute Gasteiger partial charge is 0.240 e. The SMILES string of the molecule is CNS(=O)(=O)c1ccc(N(C)C2CCSC2)c(N)c1. The first-order chi connectivity index (χ1) is 8.95. The van der Waals surface area contributed by atoms with Crippen LogP contribution in [0.15, 0.2) is 23.1 Å². The predicted octanol–water partition coefficient (Wildman–Crippen LogP) is 1.12. The van der Waals surface area contributed by atoms with Crippen LogP contribution in [0.4, 0.5) is 11.4 Å². The summed E-state index contributed by atoms with van der Waals surface area (Å²) >= 11 is 1.93. The maximum atomic E-state index is 11.7. The maximum Gasteiger partial charge on any atom is 0.240 e. The second-order valence-electron chi connectivity index (χ2n) is 4.56. The van der Waals surface area contributed by atoms with Crippen LogP contribution in [-0.4, -0.2) is 40.1 Å². The molecule has 1 heterocycles. The van der Waals surface area contributed by atoms with E-state index >= 15 is 0 Å². The standard InChI is InChI=1S/C12H19N3O2S2/c1-14-19(16,17)10-3-4-12(11(13)7-10)15(2)9-5-6-18-8-9/h3-4,7,9,14H,5-6,8,13H2,1-2H3. The molecule has 3 N–H and O–H groups in total. The molecule has 1 aliphatic rings. The van der Waals surface area contributed by atoms with Crippen LogP contribution in [0.2, 0.25) is 0 Å². The molecule has 7 heteroatoms. The average molecular weight is 301 g/mol. The molecule has 0 spiro atoms. The van der Waals surface area contributed by atoms with Crippen LogP contribution >= 0.6 is 11.8 Å². The van der Waals surface area contributed by atoms with Gasteiger partial charge in [0.2, 0.25) is 10.0 Å². The number of sulfonamides is 1. The minimum atomic E-state index is -3.43. The molecule has 1 atom stereocenters. The molecule has 1 fully saturated rings. The summed E-state index contributed by atoms with van der Waals surface area (Å²) in [7, 11) is -0.0362. The van der Waals surface area contributed by atoms with Gasteiger partial charge in [0, 0.05) is 18.8 Å². The van der Waals surface area contributed by atoms with Crippen molar-refractivity contribution < 1.29 is 8.42 Å². The van der Waals surface area contributed by atoms with E-state index in [1.807, 2.05) is 18.8 Å². The molecule has 5 nitrogen and oxygen atoms in total. The Bertz CT molecular complexity index is 554. The number of benzene rings is 1. The Morgan fingerprint density at radius 1 is 1.47 bits per heavy atom. The van der Waals surface area contributed by atoms with Gasteiger partial charge in [-0.15, -0.1) is 0 Å². The Morgan fingerprint density at radius 3 is 2.74 bits per heavy atom. The van der Waals surface area contributed by atoms with Gasteiger partial charge in [0.15, 0.2) is 0 Å². The van der Waals surface area contributed by atoms with E-state index in [9.17, 15) is 8.42 Å². The van der Waals surface area contributed by atoms with Crippen molar-refractivity contribution in [2.24, 2.45) is 0 Å². The second-order valence-corrected chi connectivity index (χ2v) is 7.59. The van der Waals surface area contributed by atoms with E-state index in [1.165, 1.54) is 18.9 Å². The first-order valence-corrected chi connectivity index (χ1v) is 8.73. The quantitative estimate of drug-likeness (QED) is 0.815. The number of anilines is 2. The molecule has 0 radical (unpaired) electrons. The largest absolute Gasteiger partial charge is 0.397 e. The van der Waals surface area contributed by atoms with Gasteiger partial charge in [0.25, 0.3) is 0 Å². The van der Waals surface area contributed by atoms with Crippen molar-refractivity contribution in [3.63, 3.8) is 0 Å². The molecule has 0 bridgehead atoms. The van der Waals surface area contributed by atoms with Gasteiger partial charge in [-0.05, 0) is 37.4 Å². The summed E-state index contributed by atoms with van der Waals surface area (Å²) in [6.45, 7) is 0. The van der Waals surface area contributed by atoms with Crippen LogP contribution in [0.5, 0.6) is 0 Å². The van der Waals surface area contributed by atoms with Gasteiger partial charge < -0.3 is 10.6 Å². The number of nitrogens with one attached hydrogen (secondary N) is 1. The highest BCUT2D eigenvalue weighted by Crippen LogP contribution is 2.31. The van der Waals surface area contributed by atoms with E-state index < -0.39 is 10.0 Å². The van der Waals surface area contributed by atoms with Gasteiger partial charge in [0.05, 0.1) is 16.3 Å². The molecule has 1 aliphatic heterocycles. The number of nitrogen functional groups attached to an aromatic ring is 1. The average Bonchev–Trinajstić information content (AvgIpc) is 2.91. The lowest BCUT2D eigenvalue weighted by atomic mass is 10.2. The van der Waals surface area contributed by atoms with Gasteiger partial charge in [-0.25, -0.2) is 13.1 Å². The zero-order valence-corrected chi connectivity index (χ0v) is 12.7. The van der Waals surface area contributed by atoms with Crippen molar-refractivity contribution >= 4 is 33.2 Å². The van der Waals surface area contributed by atoms with Crippen molar-refractivity contribution in [1.29, 1.82) is 0 Å². The van der Waals surface area contributed by atoms with Crippen molar-refractivity contribution in [3.8, 4) is 0 Å². The van der Waals surface area contributed by atoms with E-state index in [1.54, 1.807) is 12.1 Å². The second kappa shape index (κ2) is 5.60. The lowest BCUT2D eigenvalue weighted by Crippen LogP contribution is -2.32. The van der Waals surface area contributed by atoms with Gasteiger partial charge in [-0.2, -0.15) is 11.8 Å². The summed E-state index contributed by atoms with van der Waals surface area (Å²) in [6.07, 6.45) is 1.14. The van der Waals surface area contributed by atoms with E-state index in [4.69, 9.17) is 5.73 Å². The van der Waals surface area contributed by atoms with Crippen molar-refractivity contribution in [2.75, 3.05) is 36.2 Å². The summed E-state index contributed by atoms with van der Waals surface area (Å²) in [5, 5.41) is 0. The summed E-state index contributed by atoms with van der Waals surface area (Å²) < 4.78 is 25.7. The minimum absolute atomic E-state index is 0.199. The Kier molecular flexibility index (Phi) is 4.27. The van der Waals surface area contributed by atoms with Gasteiger partial charge in [-0.3, -0.25) is 0 Å². The third kappa shape index (κ3) is 2.98. The fourth-order valence-corrected chi connectivity index (χ4v) is 4.20. The van der Waals surface area contributed by atoms with Crippen LogP contribution in [0.25, 0.3) is 0 Å². The molecule has 0 aliphatic carbocycles. The highest BCUT2D eigenvalue weighted by Gasteiger charge is 2.22. The zero-order chi connectivity index (χ0) is 14.0. The molecule has 1 aromatic carbocycles. The van der Waals surface area contributed by atoms with Crippen LogP contribution in [0.1, 0.15) is 6.42 Å². The molecule has 106 valence electrons. The number of nitrogens with two attached hydrogens (primary N) is 1. The highest BCUT2D eigenvalue weighted by atomic mass is 32.2. The monoisotopic (exact) mass is 301 g/mol. The molecule has 19 heavy (non-hydrogen) atoms. The third-order valence-electron chi connectivity index (χ3n) is 3.41. The van der Waals surface area contributed by atoms with Crippen LogP contribution in [0, 0.1) is 0 Å². The molecule has 0 saturated carbocycles. The Labute approximate surface area is 118 Å². The predicted molar refractivity (Wildman–Crippen MR) is 81.2 cm³/mol. The lowest BCUT2D eigenvalue weighted by molar-refractivity contribution is 0.588. The molecular formula is C12H19N3O2S2. The van der Waals surface area contributed by atoms with Crippen molar-refractivity contribution in [3.05, 3.63) is 18.2 Å². The number of thioether (sulfide) groups is 1. The van der Waals surface area contributed by atoms with E-state index in [-0.39, 0.29) is 4.90 Å². The minimum Gasteiger partial charge on any atom is -0.397 e. The number of hydrogen-bond donors (Lipinski definition) is 2. The van der Waals surface area contributed by atoms with Crippen LogP contribution in [-0.2, 0) is 10.0 Å². The van der Waals surface area contributed by atoms with Crippen molar-refractivity contribution in [1.82, 2.24) is 4.72 Å². The topological polar surface area (TPSA) is 75.4 Å². The van der Waals surface area contributed by atoms with Crippen LogP contribution in [0.3, 0.4) is 0 Å². The molecule has 1 saturated heterocycles. The molecule has 0 amide bonds. The Hall–Kier alpha value is -0.920. The fourth-order valence-electron chi connectivity index (χ4n) is 2.16. The third-order valence-corrected chi connectivity index (χ3v) is 5.97. The fraction of sp³-hybridized carbons (Fsp3) is 0.500. The first kappa shape index (κ1) is 14.5. The normalized spacial score (nSPS) is 19.6. The highest BCUT2D eigenvalue weighted by molar-refractivity contribution is 7.99. The summed E-state index contributed by atoms with van der Waals surface area (Å²) in [5.41, 5.74) is 7.39. The van der Waals surface area contributed by atoms with Crippen molar-refractivity contribution in [2.45, 2.75) is 17.4 Å². The lowest BCUT2D eigenvalue weighted by Gasteiger charge is -2.27. The maximum absolute atomic E-state index is 11.7. The number of nitrogens with zero attached hydrogens (tertiary/aromatic N) is 1.